The molecule has 0 bridgehead atoms. The van der Waals surface area contributed by atoms with Crippen molar-refractivity contribution >= 4 is 50.5 Å². The molecule has 0 radical (unpaired) electrons. The summed E-state index contributed by atoms with van der Waals surface area (Å²) in [5.41, 5.74) is 4.44. The minimum Gasteiger partial charge on any atom is -0.326 e. The fourth-order valence-electron chi connectivity index (χ4n) is 3.04. The molecule has 3 rings (SSSR count). The summed E-state index contributed by atoms with van der Waals surface area (Å²) >= 11 is 5.95. The molecule has 2 N–H and O–H groups in total. The number of amides is 2. The van der Waals surface area contributed by atoms with Gasteiger partial charge in [0.25, 0.3) is 15.9 Å². The van der Waals surface area contributed by atoms with Crippen molar-refractivity contribution in [2.45, 2.75) is 18.7 Å². The quantitative estimate of drug-likeness (QED) is 0.361. The Morgan fingerprint density at radius 1 is 0.941 bits per heavy atom. The van der Waals surface area contributed by atoms with Crippen LogP contribution < -0.4 is 15.0 Å². The number of hydrogen-bond acceptors (Lipinski definition) is 5. The average molecular weight is 499 g/mol. The second-order valence-electron chi connectivity index (χ2n) is 7.30. The molecule has 3 aromatic rings. The minimum atomic E-state index is -4.03. The zero-order chi connectivity index (χ0) is 24.7. The molecule has 0 saturated heterocycles. The van der Waals surface area contributed by atoms with Crippen LogP contribution in [0.3, 0.4) is 0 Å². The number of halogens is 1. The van der Waals surface area contributed by atoms with E-state index in [0.717, 1.165) is 4.31 Å². The van der Waals surface area contributed by atoms with Gasteiger partial charge in [-0.1, -0.05) is 41.9 Å². The summed E-state index contributed by atoms with van der Waals surface area (Å²) in [6.07, 6.45) is 0. The van der Waals surface area contributed by atoms with E-state index >= 15 is 0 Å². The van der Waals surface area contributed by atoms with Gasteiger partial charge in [-0.3, -0.25) is 13.9 Å². The van der Waals surface area contributed by atoms with E-state index in [1.165, 1.54) is 31.2 Å². The monoisotopic (exact) mass is 498 g/mol. The zero-order valence-electron chi connectivity index (χ0n) is 18.5. The summed E-state index contributed by atoms with van der Waals surface area (Å²) < 4.78 is 27.6. The Kier molecular flexibility index (Phi) is 8.04. The van der Waals surface area contributed by atoms with Gasteiger partial charge in [0.15, 0.2) is 0 Å². The van der Waals surface area contributed by atoms with Crippen LogP contribution >= 0.6 is 11.6 Å². The van der Waals surface area contributed by atoms with Gasteiger partial charge in [0, 0.05) is 17.6 Å². The zero-order valence-corrected chi connectivity index (χ0v) is 20.1. The third-order valence-corrected chi connectivity index (χ3v) is 6.72. The second kappa shape index (κ2) is 11.0. The molecule has 0 aromatic heterocycles. The fourth-order valence-corrected chi connectivity index (χ4v) is 4.61. The largest absolute Gasteiger partial charge is 0.326 e. The van der Waals surface area contributed by atoms with E-state index in [2.05, 4.69) is 15.8 Å². The number of nitrogens with zero attached hydrogens (tertiary/aromatic N) is 2. The van der Waals surface area contributed by atoms with Crippen LogP contribution in [0.25, 0.3) is 0 Å². The second-order valence-corrected chi connectivity index (χ2v) is 9.59. The summed E-state index contributed by atoms with van der Waals surface area (Å²) in [6.45, 7) is 2.59. The van der Waals surface area contributed by atoms with Crippen LogP contribution in [0, 0.1) is 0 Å². The molecule has 176 valence electrons. The first kappa shape index (κ1) is 24.9. The molecule has 0 atom stereocenters. The van der Waals surface area contributed by atoms with Crippen molar-refractivity contribution < 1.29 is 18.0 Å². The molecule has 34 heavy (non-hydrogen) atoms. The maximum Gasteiger partial charge on any atom is 0.264 e. The first-order valence-electron chi connectivity index (χ1n) is 10.2. The molecule has 8 nitrogen and oxygen atoms in total. The molecule has 0 aliphatic carbocycles. The van der Waals surface area contributed by atoms with E-state index in [1.807, 2.05) is 0 Å². The lowest BCUT2D eigenvalue weighted by atomic mass is 10.1. The lowest BCUT2D eigenvalue weighted by Crippen LogP contribution is -2.39. The van der Waals surface area contributed by atoms with Gasteiger partial charge in [-0.05, 0) is 61.0 Å². The predicted octanol–water partition coefficient (Wildman–Crippen LogP) is 4.03. The number of sulfonamides is 1. The smallest absolute Gasteiger partial charge is 0.264 e. The molecule has 0 aliphatic rings. The van der Waals surface area contributed by atoms with Crippen LogP contribution in [0.1, 0.15) is 19.4 Å². The van der Waals surface area contributed by atoms with Crippen LogP contribution in [-0.4, -0.2) is 32.5 Å². The highest BCUT2D eigenvalue weighted by molar-refractivity contribution is 7.92. The van der Waals surface area contributed by atoms with Crippen LogP contribution in [0.2, 0.25) is 5.02 Å². The lowest BCUT2D eigenvalue weighted by molar-refractivity contribution is -0.119. The Hall–Kier alpha value is -3.69. The van der Waals surface area contributed by atoms with Gasteiger partial charge >= 0.3 is 0 Å². The van der Waals surface area contributed by atoms with Crippen molar-refractivity contribution in [3.63, 3.8) is 0 Å². The van der Waals surface area contributed by atoms with Crippen molar-refractivity contribution in [3.05, 3.63) is 89.4 Å². The predicted molar refractivity (Wildman–Crippen MR) is 134 cm³/mol. The Balaban J connectivity index is 1.82. The number of carbonyl (C=O) groups is 2. The summed E-state index contributed by atoms with van der Waals surface area (Å²) in [6, 6.07) is 21.0. The summed E-state index contributed by atoms with van der Waals surface area (Å²) in [7, 11) is -4.03. The molecular formula is C24H23ClN4O4S. The van der Waals surface area contributed by atoms with Crippen LogP contribution in [0.5, 0.6) is 0 Å². The summed E-state index contributed by atoms with van der Waals surface area (Å²) in [5, 5.41) is 7.21. The molecular weight excluding hydrogens is 476 g/mol. The van der Waals surface area contributed by atoms with E-state index < -0.39 is 22.5 Å². The van der Waals surface area contributed by atoms with Crippen LogP contribution in [0.15, 0.2) is 88.9 Å². The topological polar surface area (TPSA) is 108 Å². The third kappa shape index (κ3) is 6.43. The highest BCUT2D eigenvalue weighted by Gasteiger charge is 2.27. The Labute approximate surface area is 203 Å². The van der Waals surface area contributed by atoms with Gasteiger partial charge in [0.2, 0.25) is 5.91 Å². The minimum absolute atomic E-state index is 0.0484. The summed E-state index contributed by atoms with van der Waals surface area (Å²) in [4.78, 5) is 24.0. The number of anilines is 2. The van der Waals surface area contributed by atoms with E-state index in [-0.39, 0.29) is 16.5 Å². The number of benzene rings is 3. The van der Waals surface area contributed by atoms with Gasteiger partial charge < -0.3 is 5.32 Å². The van der Waals surface area contributed by atoms with Crippen LogP contribution in [-0.2, 0) is 19.6 Å². The maximum atomic E-state index is 13.3. The van der Waals surface area contributed by atoms with E-state index in [9.17, 15) is 18.0 Å². The maximum absolute atomic E-state index is 13.3. The van der Waals surface area contributed by atoms with E-state index in [4.69, 9.17) is 11.6 Å². The van der Waals surface area contributed by atoms with Crippen molar-refractivity contribution in [2.24, 2.45) is 5.10 Å². The summed E-state index contributed by atoms with van der Waals surface area (Å²) in [5.74, 6) is -0.839. The molecule has 0 fully saturated rings. The van der Waals surface area contributed by atoms with E-state index in [0.29, 0.717) is 22.0 Å². The van der Waals surface area contributed by atoms with Crippen molar-refractivity contribution in [1.29, 1.82) is 0 Å². The van der Waals surface area contributed by atoms with Gasteiger partial charge in [-0.15, -0.1) is 0 Å². The molecule has 0 heterocycles. The standard InChI is InChI=1S/C24H23ClN4O4S/c1-17(19-7-6-8-21(15-19)26-18(2)30)27-28-24(31)16-29(22-13-11-20(25)12-14-22)34(32,33)23-9-4-3-5-10-23/h3-15H,16H2,1-2H3,(H,26,30)(H,28,31)/b27-17-. The first-order chi connectivity index (χ1) is 16.2. The van der Waals surface area contributed by atoms with Crippen molar-refractivity contribution in [2.75, 3.05) is 16.2 Å². The highest BCUT2D eigenvalue weighted by atomic mass is 35.5. The van der Waals surface area contributed by atoms with Gasteiger partial charge in [-0.2, -0.15) is 5.10 Å². The number of carbonyl (C=O) groups excluding carboxylic acids is 2. The van der Waals surface area contributed by atoms with Crippen LogP contribution in [0.4, 0.5) is 11.4 Å². The van der Waals surface area contributed by atoms with Gasteiger partial charge in [-0.25, -0.2) is 13.8 Å². The Morgan fingerprint density at radius 3 is 2.26 bits per heavy atom. The van der Waals surface area contributed by atoms with E-state index in [1.54, 1.807) is 61.5 Å². The average Bonchev–Trinajstić information content (AvgIpc) is 2.82. The molecule has 2 amide bonds. The molecule has 3 aromatic carbocycles. The highest BCUT2D eigenvalue weighted by Crippen LogP contribution is 2.25. The molecule has 10 heteroatoms. The van der Waals surface area contributed by atoms with Gasteiger partial charge in [0.05, 0.1) is 16.3 Å². The number of rotatable bonds is 8. The SMILES string of the molecule is CC(=O)Nc1cccc(/C(C)=N\NC(=O)CN(c2ccc(Cl)cc2)S(=O)(=O)c2ccccc2)c1. The fraction of sp³-hybridized carbons (Fsp3) is 0.125. The molecule has 0 unspecified atom stereocenters. The Bertz CT molecular complexity index is 1310. The lowest BCUT2D eigenvalue weighted by Gasteiger charge is -2.23. The molecule has 0 aliphatic heterocycles. The number of nitrogens with one attached hydrogen (secondary N) is 2. The van der Waals surface area contributed by atoms with Crippen molar-refractivity contribution in [1.82, 2.24) is 5.43 Å². The third-order valence-electron chi connectivity index (χ3n) is 4.68. The Morgan fingerprint density at radius 2 is 1.62 bits per heavy atom. The van der Waals surface area contributed by atoms with Gasteiger partial charge in [0.1, 0.15) is 6.54 Å². The van der Waals surface area contributed by atoms with Crippen molar-refractivity contribution in [3.8, 4) is 0 Å². The number of hydrogen-bond donors (Lipinski definition) is 2. The first-order valence-corrected chi connectivity index (χ1v) is 12.0. The number of hydrazone groups is 1. The molecule has 0 spiro atoms. The normalized spacial score (nSPS) is 11.6. The molecule has 0 saturated carbocycles.